The molecule has 0 bridgehead atoms. The van der Waals surface area contributed by atoms with Gasteiger partial charge in [0.15, 0.2) is 11.5 Å². The Hall–Kier alpha value is -1.62. The number of hydrogen-bond donors (Lipinski definition) is 3. The van der Waals surface area contributed by atoms with Crippen LogP contribution in [0.15, 0.2) is 12.1 Å². The summed E-state index contributed by atoms with van der Waals surface area (Å²) in [4.78, 5) is 0. The molecule has 5 heteroatoms. The van der Waals surface area contributed by atoms with Crippen LogP contribution < -0.4 is 26.3 Å². The molecule has 5 N–H and O–H groups in total. The summed E-state index contributed by atoms with van der Waals surface area (Å²) in [5, 5.41) is 3.13. The number of nitrogens with two attached hydrogens (primary N) is 2. The fourth-order valence-electron chi connectivity index (χ4n) is 1.46. The molecule has 15 heavy (non-hydrogen) atoms. The average Bonchev–Trinajstić information content (AvgIpc) is 2.26. The highest BCUT2D eigenvalue weighted by Crippen LogP contribution is 2.36. The molecule has 0 unspecified atom stereocenters. The molecule has 0 saturated heterocycles. The minimum absolute atomic E-state index is 0.563. The van der Waals surface area contributed by atoms with E-state index < -0.39 is 0 Å². The van der Waals surface area contributed by atoms with E-state index in [4.69, 9.17) is 20.9 Å². The van der Waals surface area contributed by atoms with Gasteiger partial charge in [0.1, 0.15) is 13.2 Å². The maximum Gasteiger partial charge on any atom is 0.163 e. The number of nitrogens with one attached hydrogen (secondary N) is 1. The molecule has 1 heterocycles. The molecule has 0 fully saturated rings. The van der Waals surface area contributed by atoms with Gasteiger partial charge in [-0.05, 0) is 0 Å². The lowest BCUT2D eigenvalue weighted by molar-refractivity contribution is 0.172. The number of nitrogen functional groups attached to an aromatic ring is 1. The summed E-state index contributed by atoms with van der Waals surface area (Å²) >= 11 is 0. The van der Waals surface area contributed by atoms with Gasteiger partial charge in [-0.15, -0.1) is 0 Å². The lowest BCUT2D eigenvalue weighted by Crippen LogP contribution is -2.17. The minimum atomic E-state index is 0.563. The van der Waals surface area contributed by atoms with Crippen LogP contribution in [0.5, 0.6) is 11.5 Å². The Bertz CT molecular complexity index is 355. The highest BCUT2D eigenvalue weighted by molar-refractivity contribution is 5.72. The van der Waals surface area contributed by atoms with Crippen molar-refractivity contribution in [2.45, 2.75) is 0 Å². The monoisotopic (exact) mass is 209 g/mol. The molecule has 0 spiro atoms. The van der Waals surface area contributed by atoms with Gasteiger partial charge in [0.25, 0.3) is 0 Å². The zero-order valence-electron chi connectivity index (χ0n) is 8.45. The van der Waals surface area contributed by atoms with Crippen LogP contribution in [0.2, 0.25) is 0 Å². The predicted molar refractivity (Wildman–Crippen MR) is 59.4 cm³/mol. The molecule has 0 amide bonds. The summed E-state index contributed by atoms with van der Waals surface area (Å²) in [7, 11) is 0. The Morgan fingerprint density at radius 3 is 2.53 bits per heavy atom. The highest BCUT2D eigenvalue weighted by atomic mass is 16.6. The first-order valence-corrected chi connectivity index (χ1v) is 4.94. The fourth-order valence-corrected chi connectivity index (χ4v) is 1.46. The molecule has 1 aromatic carbocycles. The molecule has 1 aliphatic rings. The smallest absolute Gasteiger partial charge is 0.163 e. The van der Waals surface area contributed by atoms with Crippen molar-refractivity contribution in [1.29, 1.82) is 0 Å². The van der Waals surface area contributed by atoms with Crippen LogP contribution in [-0.2, 0) is 0 Å². The normalized spacial score (nSPS) is 13.7. The van der Waals surface area contributed by atoms with Gasteiger partial charge in [-0.2, -0.15) is 0 Å². The Kier molecular flexibility index (Phi) is 2.82. The van der Waals surface area contributed by atoms with E-state index >= 15 is 0 Å². The maximum atomic E-state index is 5.85. The first-order chi connectivity index (χ1) is 7.31. The van der Waals surface area contributed by atoms with Crippen molar-refractivity contribution in [2.24, 2.45) is 5.73 Å². The second kappa shape index (κ2) is 4.27. The van der Waals surface area contributed by atoms with Crippen LogP contribution in [0, 0.1) is 0 Å². The molecule has 82 valence electrons. The van der Waals surface area contributed by atoms with Crippen molar-refractivity contribution in [3.8, 4) is 11.5 Å². The topological polar surface area (TPSA) is 82.5 Å². The largest absolute Gasteiger partial charge is 0.486 e. The van der Waals surface area contributed by atoms with Gasteiger partial charge in [-0.1, -0.05) is 0 Å². The van der Waals surface area contributed by atoms with Gasteiger partial charge >= 0.3 is 0 Å². The Morgan fingerprint density at radius 2 is 1.87 bits per heavy atom. The maximum absolute atomic E-state index is 5.85. The molecule has 0 saturated carbocycles. The van der Waals surface area contributed by atoms with Crippen molar-refractivity contribution in [3.05, 3.63) is 12.1 Å². The zero-order valence-corrected chi connectivity index (χ0v) is 8.45. The van der Waals surface area contributed by atoms with Crippen molar-refractivity contribution in [1.82, 2.24) is 0 Å². The van der Waals surface area contributed by atoms with Crippen LogP contribution in [0.1, 0.15) is 0 Å². The number of fused-ring (bicyclic) bond motifs is 1. The lowest BCUT2D eigenvalue weighted by Gasteiger charge is -2.20. The number of ether oxygens (including phenoxy) is 2. The summed E-state index contributed by atoms with van der Waals surface area (Å²) in [5.74, 6) is 1.44. The van der Waals surface area contributed by atoms with E-state index in [1.165, 1.54) is 0 Å². The second-order valence-corrected chi connectivity index (χ2v) is 3.30. The van der Waals surface area contributed by atoms with Crippen LogP contribution >= 0.6 is 0 Å². The van der Waals surface area contributed by atoms with Crippen LogP contribution in [-0.4, -0.2) is 26.3 Å². The molecule has 0 aliphatic carbocycles. The Balaban J connectivity index is 2.24. The Morgan fingerprint density at radius 1 is 1.20 bits per heavy atom. The number of rotatable bonds is 3. The molecular formula is C10H15N3O2. The third kappa shape index (κ3) is 2.07. The SMILES string of the molecule is NCCNc1cc2c(cc1N)OCCO2. The van der Waals surface area contributed by atoms with Crippen LogP contribution in [0.4, 0.5) is 11.4 Å². The molecule has 1 aromatic rings. The molecule has 1 aliphatic heterocycles. The van der Waals surface area contributed by atoms with Gasteiger partial charge in [0.2, 0.25) is 0 Å². The lowest BCUT2D eigenvalue weighted by atomic mass is 10.2. The minimum Gasteiger partial charge on any atom is -0.486 e. The van der Waals surface area contributed by atoms with E-state index in [-0.39, 0.29) is 0 Å². The highest BCUT2D eigenvalue weighted by Gasteiger charge is 2.14. The van der Waals surface area contributed by atoms with E-state index in [0.717, 1.165) is 11.4 Å². The van der Waals surface area contributed by atoms with Crippen LogP contribution in [0.25, 0.3) is 0 Å². The molecule has 0 aromatic heterocycles. The van der Waals surface area contributed by atoms with Crippen molar-refractivity contribution in [2.75, 3.05) is 37.4 Å². The molecule has 0 atom stereocenters. The van der Waals surface area contributed by atoms with Gasteiger partial charge in [-0.25, -0.2) is 0 Å². The van der Waals surface area contributed by atoms with Crippen LogP contribution in [0.3, 0.4) is 0 Å². The quantitative estimate of drug-likeness (QED) is 0.628. The zero-order chi connectivity index (χ0) is 10.7. The summed E-state index contributed by atoms with van der Waals surface area (Å²) in [6.07, 6.45) is 0. The van der Waals surface area contributed by atoms with E-state index in [9.17, 15) is 0 Å². The second-order valence-electron chi connectivity index (χ2n) is 3.30. The molecule has 0 radical (unpaired) electrons. The van der Waals surface area contributed by atoms with Gasteiger partial charge < -0.3 is 26.3 Å². The third-order valence-electron chi connectivity index (χ3n) is 2.17. The molecular weight excluding hydrogens is 194 g/mol. The van der Waals surface area contributed by atoms with Gasteiger partial charge in [0, 0.05) is 25.2 Å². The van der Waals surface area contributed by atoms with Crippen molar-refractivity contribution >= 4 is 11.4 Å². The van der Waals surface area contributed by atoms with E-state index in [0.29, 0.717) is 37.7 Å². The number of anilines is 2. The van der Waals surface area contributed by atoms with Crippen molar-refractivity contribution in [3.63, 3.8) is 0 Å². The summed E-state index contributed by atoms with van der Waals surface area (Å²) in [6, 6.07) is 3.62. The van der Waals surface area contributed by atoms with E-state index in [2.05, 4.69) is 5.32 Å². The molecule has 2 rings (SSSR count). The van der Waals surface area contributed by atoms with E-state index in [1.54, 1.807) is 6.07 Å². The standard InChI is InChI=1S/C10H15N3O2/c11-1-2-13-8-6-10-9(5-7(8)12)14-3-4-15-10/h5-6,13H,1-4,11-12H2. The fraction of sp³-hybridized carbons (Fsp3) is 0.400. The summed E-state index contributed by atoms with van der Waals surface area (Å²) < 4.78 is 10.9. The third-order valence-corrected chi connectivity index (χ3v) is 2.17. The van der Waals surface area contributed by atoms with E-state index in [1.807, 2.05) is 6.07 Å². The number of benzene rings is 1. The molecule has 5 nitrogen and oxygen atoms in total. The summed E-state index contributed by atoms with van der Waals surface area (Å²) in [5.41, 5.74) is 12.7. The Labute approximate surface area is 88.3 Å². The van der Waals surface area contributed by atoms with Gasteiger partial charge in [0.05, 0.1) is 11.4 Å². The van der Waals surface area contributed by atoms with Crippen molar-refractivity contribution < 1.29 is 9.47 Å². The predicted octanol–water partition coefficient (Wildman–Crippen LogP) is 0.411. The number of hydrogen-bond acceptors (Lipinski definition) is 5. The van der Waals surface area contributed by atoms with Gasteiger partial charge in [-0.3, -0.25) is 0 Å². The first-order valence-electron chi connectivity index (χ1n) is 4.94. The summed E-state index contributed by atoms with van der Waals surface area (Å²) in [6.45, 7) is 2.40. The average molecular weight is 209 g/mol. The first kappa shape index (κ1) is 9.92.